The number of para-hydroxylation sites is 3. The van der Waals surface area contributed by atoms with Gasteiger partial charge < -0.3 is 9.13 Å². The van der Waals surface area contributed by atoms with Gasteiger partial charge >= 0.3 is 0 Å². The van der Waals surface area contributed by atoms with Crippen molar-refractivity contribution in [1.29, 1.82) is 0 Å². The van der Waals surface area contributed by atoms with Crippen LogP contribution in [-0.4, -0.2) is 9.13 Å². The van der Waals surface area contributed by atoms with Crippen LogP contribution in [0, 0.1) is 13.8 Å². The molecule has 0 saturated carbocycles. The van der Waals surface area contributed by atoms with Gasteiger partial charge in [-0.2, -0.15) is 0 Å². The van der Waals surface area contributed by atoms with Gasteiger partial charge in [0, 0.05) is 32.8 Å². The molecule has 2 heterocycles. The molecule has 190 valence electrons. The van der Waals surface area contributed by atoms with E-state index < -0.39 is 0 Å². The van der Waals surface area contributed by atoms with Crippen LogP contribution in [0.5, 0.6) is 0 Å². The zero-order valence-electron chi connectivity index (χ0n) is 22.6. The molecule has 6 aromatic carbocycles. The highest BCUT2D eigenvalue weighted by atomic mass is 15.0. The molecule has 2 aromatic heterocycles. The third-order valence-corrected chi connectivity index (χ3v) is 8.22. The number of nitrogens with zero attached hydrogens (tertiary/aromatic N) is 2. The summed E-state index contributed by atoms with van der Waals surface area (Å²) in [5.74, 6) is 0. The van der Waals surface area contributed by atoms with E-state index >= 15 is 0 Å². The third-order valence-electron chi connectivity index (χ3n) is 8.22. The van der Waals surface area contributed by atoms with Crippen molar-refractivity contribution >= 4 is 43.6 Å². The fourth-order valence-electron chi connectivity index (χ4n) is 6.42. The molecule has 0 spiro atoms. The third kappa shape index (κ3) is 3.36. The Morgan fingerprint density at radius 1 is 0.400 bits per heavy atom. The van der Waals surface area contributed by atoms with Crippen molar-refractivity contribution in [3.8, 4) is 22.5 Å². The van der Waals surface area contributed by atoms with Crippen LogP contribution in [0.3, 0.4) is 0 Å². The Hall–Kier alpha value is -5.08. The Labute approximate surface area is 233 Å². The van der Waals surface area contributed by atoms with Gasteiger partial charge in [0.15, 0.2) is 0 Å². The molecule has 2 heteroatoms. The minimum atomic E-state index is 1.17. The Balaban J connectivity index is 1.43. The van der Waals surface area contributed by atoms with E-state index in [1.165, 1.54) is 77.2 Å². The number of benzene rings is 6. The number of rotatable bonds is 3. The molecule has 0 aliphatic heterocycles. The normalized spacial score (nSPS) is 11.8. The molecule has 8 aromatic rings. The largest absolute Gasteiger partial charge is 0.309 e. The summed E-state index contributed by atoms with van der Waals surface area (Å²) in [5, 5.41) is 5.14. The lowest BCUT2D eigenvalue weighted by Crippen LogP contribution is -1.98. The smallest absolute Gasteiger partial charge is 0.0547 e. The van der Waals surface area contributed by atoms with Crippen LogP contribution >= 0.6 is 0 Å². The van der Waals surface area contributed by atoms with Crippen LogP contribution in [0.25, 0.3) is 66.1 Å². The number of fused-ring (bicyclic) bond motifs is 6. The predicted molar refractivity (Wildman–Crippen MR) is 170 cm³/mol. The highest BCUT2D eigenvalue weighted by molar-refractivity contribution is 6.12. The van der Waals surface area contributed by atoms with Gasteiger partial charge in [0.1, 0.15) is 0 Å². The molecule has 0 fully saturated rings. The fourth-order valence-corrected chi connectivity index (χ4v) is 6.42. The summed E-state index contributed by atoms with van der Waals surface area (Å²) < 4.78 is 4.83. The van der Waals surface area contributed by atoms with E-state index in [2.05, 4.69) is 156 Å². The molecule has 8 rings (SSSR count). The Morgan fingerprint density at radius 3 is 1.75 bits per heavy atom. The Kier molecular flexibility index (Phi) is 4.99. The van der Waals surface area contributed by atoms with Gasteiger partial charge in [0.05, 0.1) is 27.8 Å². The molecule has 0 N–H and O–H groups in total. The lowest BCUT2D eigenvalue weighted by Gasteiger charge is -2.15. The van der Waals surface area contributed by atoms with Crippen LogP contribution in [0.1, 0.15) is 11.1 Å². The summed E-state index contributed by atoms with van der Waals surface area (Å²) in [4.78, 5) is 0. The molecular weight excluding hydrogens is 484 g/mol. The predicted octanol–water partition coefficient (Wildman–Crippen LogP) is 10.2. The molecule has 0 aliphatic carbocycles. The van der Waals surface area contributed by atoms with Crippen molar-refractivity contribution in [2.24, 2.45) is 0 Å². The van der Waals surface area contributed by atoms with Gasteiger partial charge in [-0.05, 0) is 74.0 Å². The SMILES string of the molecule is Cc1ccc2c(c1)c1cc(C)ccc1n2-c1ccccc1-c1ccc2c3ccccc3n(-c3ccccc3)c2c1. The minimum absolute atomic E-state index is 1.17. The highest BCUT2D eigenvalue weighted by Crippen LogP contribution is 2.39. The number of aromatic nitrogens is 2. The second-order valence-corrected chi connectivity index (χ2v) is 10.8. The van der Waals surface area contributed by atoms with Crippen LogP contribution in [0.2, 0.25) is 0 Å². The lowest BCUT2D eigenvalue weighted by atomic mass is 10.0. The number of aryl methyl sites for hydroxylation is 2. The summed E-state index contributed by atoms with van der Waals surface area (Å²) in [7, 11) is 0. The van der Waals surface area contributed by atoms with Crippen molar-refractivity contribution in [2.75, 3.05) is 0 Å². The van der Waals surface area contributed by atoms with Crippen molar-refractivity contribution in [3.05, 3.63) is 145 Å². The van der Waals surface area contributed by atoms with Gasteiger partial charge in [-0.25, -0.2) is 0 Å². The first-order chi connectivity index (χ1) is 19.7. The second kappa shape index (κ2) is 8.72. The van der Waals surface area contributed by atoms with Gasteiger partial charge in [-0.15, -0.1) is 0 Å². The lowest BCUT2D eigenvalue weighted by molar-refractivity contribution is 1.17. The summed E-state index contributed by atoms with van der Waals surface area (Å²) in [6, 6.07) is 48.8. The minimum Gasteiger partial charge on any atom is -0.309 e. The van der Waals surface area contributed by atoms with E-state index in [-0.39, 0.29) is 0 Å². The first-order valence-corrected chi connectivity index (χ1v) is 13.9. The Morgan fingerprint density at radius 2 is 1.00 bits per heavy atom. The topological polar surface area (TPSA) is 9.86 Å². The van der Waals surface area contributed by atoms with E-state index in [0.29, 0.717) is 0 Å². The highest BCUT2D eigenvalue weighted by Gasteiger charge is 2.18. The summed E-state index contributed by atoms with van der Waals surface area (Å²) in [6.07, 6.45) is 0. The van der Waals surface area contributed by atoms with Gasteiger partial charge in [0.2, 0.25) is 0 Å². The average Bonchev–Trinajstić information content (AvgIpc) is 3.49. The van der Waals surface area contributed by atoms with Gasteiger partial charge in [0.25, 0.3) is 0 Å². The maximum atomic E-state index is 2.44. The van der Waals surface area contributed by atoms with E-state index in [9.17, 15) is 0 Å². The van der Waals surface area contributed by atoms with E-state index in [4.69, 9.17) is 0 Å². The molecule has 0 atom stereocenters. The summed E-state index contributed by atoms with van der Waals surface area (Å²) in [6.45, 7) is 4.35. The maximum absolute atomic E-state index is 2.44. The fraction of sp³-hybridized carbons (Fsp3) is 0.0526. The van der Waals surface area contributed by atoms with Crippen molar-refractivity contribution in [1.82, 2.24) is 9.13 Å². The van der Waals surface area contributed by atoms with Crippen molar-refractivity contribution < 1.29 is 0 Å². The van der Waals surface area contributed by atoms with Crippen LogP contribution in [-0.2, 0) is 0 Å². The zero-order valence-corrected chi connectivity index (χ0v) is 22.6. The first-order valence-electron chi connectivity index (χ1n) is 13.9. The molecule has 0 saturated heterocycles. The molecule has 0 amide bonds. The quantitative estimate of drug-likeness (QED) is 0.223. The zero-order chi connectivity index (χ0) is 26.8. The van der Waals surface area contributed by atoms with E-state index in [1.54, 1.807) is 0 Å². The average molecular weight is 513 g/mol. The monoisotopic (exact) mass is 512 g/mol. The van der Waals surface area contributed by atoms with Gasteiger partial charge in [-0.1, -0.05) is 90.0 Å². The van der Waals surface area contributed by atoms with Crippen LogP contribution in [0.15, 0.2) is 133 Å². The summed E-state index contributed by atoms with van der Waals surface area (Å²) in [5.41, 5.74) is 12.3. The molecule has 0 radical (unpaired) electrons. The molecule has 0 bridgehead atoms. The second-order valence-electron chi connectivity index (χ2n) is 10.8. The Bertz CT molecular complexity index is 2170. The molecule has 2 nitrogen and oxygen atoms in total. The van der Waals surface area contributed by atoms with E-state index in [0.717, 1.165) is 0 Å². The maximum Gasteiger partial charge on any atom is 0.0547 e. The van der Waals surface area contributed by atoms with Crippen LogP contribution < -0.4 is 0 Å². The number of hydrogen-bond donors (Lipinski definition) is 0. The standard InChI is InChI=1S/C38H28N2/c1-25-16-20-36-32(22-25)33-23-26(2)17-21-37(33)40(36)34-14-8-6-12-29(34)27-18-19-31-30-13-7-9-15-35(30)39(38(31)24-27)28-10-4-3-5-11-28/h3-24H,1-2H3. The molecule has 0 unspecified atom stereocenters. The molecular formula is C38H28N2. The van der Waals surface area contributed by atoms with Crippen molar-refractivity contribution in [3.63, 3.8) is 0 Å². The van der Waals surface area contributed by atoms with Crippen LogP contribution in [0.4, 0.5) is 0 Å². The van der Waals surface area contributed by atoms with Gasteiger partial charge in [-0.3, -0.25) is 0 Å². The van der Waals surface area contributed by atoms with E-state index in [1.807, 2.05) is 0 Å². The molecule has 40 heavy (non-hydrogen) atoms. The van der Waals surface area contributed by atoms with Crippen molar-refractivity contribution in [2.45, 2.75) is 13.8 Å². The number of hydrogen-bond acceptors (Lipinski definition) is 0. The first kappa shape index (κ1) is 22.9. The summed E-state index contributed by atoms with van der Waals surface area (Å²) >= 11 is 0. The molecule has 0 aliphatic rings.